The number of hydrogen-bond acceptors (Lipinski definition) is 4. The minimum absolute atomic E-state index is 0.0204. The van der Waals surface area contributed by atoms with E-state index in [9.17, 15) is 9.90 Å². The third kappa shape index (κ3) is 2.50. The van der Waals surface area contributed by atoms with Gasteiger partial charge in [0, 0.05) is 11.1 Å². The van der Waals surface area contributed by atoms with Gasteiger partial charge in [-0.2, -0.15) is 5.26 Å². The van der Waals surface area contributed by atoms with E-state index in [-0.39, 0.29) is 23.5 Å². The van der Waals surface area contributed by atoms with E-state index in [1.54, 1.807) is 12.1 Å². The Morgan fingerprint density at radius 2 is 2.17 bits per heavy atom. The van der Waals surface area contributed by atoms with Crippen molar-refractivity contribution in [1.82, 2.24) is 4.57 Å². The highest BCUT2D eigenvalue weighted by molar-refractivity contribution is 5.79. The number of carbonyl (C=O) groups is 1. The molecular weight excluding hydrogens is 292 g/mol. The van der Waals surface area contributed by atoms with Gasteiger partial charge in [-0.25, -0.2) is 0 Å². The molecule has 0 bridgehead atoms. The van der Waals surface area contributed by atoms with Gasteiger partial charge in [-0.15, -0.1) is 10.2 Å². The Labute approximate surface area is 133 Å². The van der Waals surface area contributed by atoms with Crippen LogP contribution in [0.2, 0.25) is 0 Å². The molecule has 23 heavy (non-hydrogen) atoms. The standard InChI is InChI=1S/C17H16N4O2/c1-17(2)10-11-5-3-4-6-12(11)14-9-13(16(23)21(14)17)19-20-15(22)7-8-18/h3-6,9,23H,7,10H2,1-2H3. The van der Waals surface area contributed by atoms with Crippen molar-refractivity contribution in [3.63, 3.8) is 0 Å². The molecule has 6 nitrogen and oxygen atoms in total. The zero-order chi connectivity index (χ0) is 16.6. The molecule has 0 unspecified atom stereocenters. The number of rotatable bonds is 2. The molecule has 0 radical (unpaired) electrons. The third-order valence-electron chi connectivity index (χ3n) is 3.98. The van der Waals surface area contributed by atoms with Gasteiger partial charge in [-0.05, 0) is 31.9 Å². The van der Waals surface area contributed by atoms with Crippen LogP contribution in [0.25, 0.3) is 11.3 Å². The first kappa shape index (κ1) is 15.0. The zero-order valence-corrected chi connectivity index (χ0v) is 12.9. The van der Waals surface area contributed by atoms with Gasteiger partial charge in [-0.3, -0.25) is 4.79 Å². The monoisotopic (exact) mass is 308 g/mol. The van der Waals surface area contributed by atoms with Crippen LogP contribution in [-0.2, 0) is 16.8 Å². The Morgan fingerprint density at radius 3 is 2.91 bits per heavy atom. The van der Waals surface area contributed by atoms with Gasteiger partial charge in [-0.1, -0.05) is 24.3 Å². The largest absolute Gasteiger partial charge is 0.493 e. The molecule has 0 aliphatic carbocycles. The summed E-state index contributed by atoms with van der Waals surface area (Å²) >= 11 is 0. The minimum Gasteiger partial charge on any atom is -0.493 e. The number of aromatic nitrogens is 1. The summed E-state index contributed by atoms with van der Waals surface area (Å²) in [6, 6.07) is 11.5. The number of hydrogen-bond donors (Lipinski definition) is 1. The molecule has 1 aliphatic rings. The molecule has 3 rings (SSSR count). The first-order valence-electron chi connectivity index (χ1n) is 7.29. The third-order valence-corrected chi connectivity index (χ3v) is 3.98. The number of carbonyl (C=O) groups excluding carboxylic acids is 1. The summed E-state index contributed by atoms with van der Waals surface area (Å²) in [4.78, 5) is 11.3. The van der Waals surface area contributed by atoms with Crippen molar-refractivity contribution in [3.05, 3.63) is 35.9 Å². The van der Waals surface area contributed by atoms with E-state index in [4.69, 9.17) is 5.26 Å². The normalized spacial score (nSPS) is 15.0. The number of amides is 1. The Balaban J connectivity index is 2.11. The molecule has 0 saturated heterocycles. The van der Waals surface area contributed by atoms with E-state index in [1.165, 1.54) is 5.56 Å². The Kier molecular flexibility index (Phi) is 3.49. The predicted molar refractivity (Wildman–Crippen MR) is 84.3 cm³/mol. The fourth-order valence-corrected chi connectivity index (χ4v) is 3.05. The van der Waals surface area contributed by atoms with Crippen molar-refractivity contribution in [1.29, 1.82) is 5.26 Å². The number of azo groups is 1. The molecule has 1 aromatic heterocycles. The van der Waals surface area contributed by atoms with Gasteiger partial charge in [0.2, 0.25) is 5.88 Å². The van der Waals surface area contributed by atoms with E-state index >= 15 is 0 Å². The molecule has 0 saturated carbocycles. The molecule has 116 valence electrons. The van der Waals surface area contributed by atoms with Crippen molar-refractivity contribution in [2.24, 2.45) is 10.2 Å². The lowest BCUT2D eigenvalue weighted by Crippen LogP contribution is -2.32. The fraction of sp³-hybridized carbons (Fsp3) is 0.294. The lowest BCUT2D eigenvalue weighted by Gasteiger charge is -2.35. The first-order chi connectivity index (χ1) is 10.9. The highest BCUT2D eigenvalue weighted by atomic mass is 16.3. The highest BCUT2D eigenvalue weighted by Gasteiger charge is 2.34. The molecule has 1 amide bonds. The van der Waals surface area contributed by atoms with Crippen LogP contribution < -0.4 is 0 Å². The smallest absolute Gasteiger partial charge is 0.278 e. The molecule has 1 aliphatic heterocycles. The van der Waals surface area contributed by atoms with Crippen molar-refractivity contribution in [3.8, 4) is 23.2 Å². The SMILES string of the molecule is CC1(C)Cc2ccccc2-c2cc(N=NC(=O)CC#N)c(O)n21. The second-order valence-electron chi connectivity index (χ2n) is 6.15. The first-order valence-corrected chi connectivity index (χ1v) is 7.29. The van der Waals surface area contributed by atoms with Gasteiger partial charge >= 0.3 is 0 Å². The van der Waals surface area contributed by atoms with Gasteiger partial charge in [0.15, 0.2) is 0 Å². The maximum absolute atomic E-state index is 11.3. The topological polar surface area (TPSA) is 90.7 Å². The zero-order valence-electron chi connectivity index (χ0n) is 12.9. The van der Waals surface area contributed by atoms with Crippen molar-refractivity contribution >= 4 is 11.6 Å². The van der Waals surface area contributed by atoms with Crippen LogP contribution in [0.1, 0.15) is 25.8 Å². The number of fused-ring (bicyclic) bond motifs is 3. The average molecular weight is 308 g/mol. The van der Waals surface area contributed by atoms with E-state index in [0.29, 0.717) is 0 Å². The van der Waals surface area contributed by atoms with Crippen LogP contribution in [0.15, 0.2) is 40.6 Å². The Morgan fingerprint density at radius 1 is 1.43 bits per heavy atom. The summed E-state index contributed by atoms with van der Waals surface area (Å²) < 4.78 is 1.82. The molecule has 2 heterocycles. The number of aromatic hydroxyl groups is 1. The number of nitrogens with zero attached hydrogens (tertiary/aromatic N) is 4. The van der Waals surface area contributed by atoms with Gasteiger partial charge in [0.1, 0.15) is 12.1 Å². The number of benzene rings is 1. The fourth-order valence-electron chi connectivity index (χ4n) is 3.05. The Bertz CT molecular complexity index is 856. The quantitative estimate of drug-likeness (QED) is 0.858. The second kappa shape index (κ2) is 5.36. The van der Waals surface area contributed by atoms with Crippen molar-refractivity contribution < 1.29 is 9.90 Å². The second-order valence-corrected chi connectivity index (χ2v) is 6.15. The molecule has 0 fully saturated rings. The van der Waals surface area contributed by atoms with Crippen LogP contribution in [0.3, 0.4) is 0 Å². The van der Waals surface area contributed by atoms with Crippen LogP contribution in [0.5, 0.6) is 5.88 Å². The van der Waals surface area contributed by atoms with E-state index in [2.05, 4.69) is 16.3 Å². The predicted octanol–water partition coefficient (Wildman–Crippen LogP) is 3.68. The lowest BCUT2D eigenvalue weighted by molar-refractivity contribution is -0.117. The highest BCUT2D eigenvalue weighted by Crippen LogP contribution is 2.46. The van der Waals surface area contributed by atoms with Gasteiger partial charge in [0.05, 0.1) is 11.8 Å². The molecule has 1 aromatic carbocycles. The molecule has 0 spiro atoms. The van der Waals surface area contributed by atoms with Crippen LogP contribution in [0.4, 0.5) is 5.69 Å². The summed E-state index contributed by atoms with van der Waals surface area (Å²) in [5.74, 6) is -0.649. The summed E-state index contributed by atoms with van der Waals surface area (Å²) in [6.07, 6.45) is 0.453. The summed E-state index contributed by atoms with van der Waals surface area (Å²) in [7, 11) is 0. The number of nitriles is 1. The van der Waals surface area contributed by atoms with E-state index in [1.807, 2.05) is 36.6 Å². The lowest BCUT2D eigenvalue weighted by atomic mass is 9.86. The Hall–Kier alpha value is -2.94. The van der Waals surface area contributed by atoms with Gasteiger partial charge in [0.25, 0.3) is 5.91 Å². The summed E-state index contributed by atoms with van der Waals surface area (Å²) in [6.45, 7) is 4.07. The van der Waals surface area contributed by atoms with E-state index < -0.39 is 5.91 Å². The average Bonchev–Trinajstić information content (AvgIpc) is 2.83. The summed E-state index contributed by atoms with van der Waals surface area (Å²) in [5, 5.41) is 26.3. The molecular formula is C17H16N4O2. The van der Waals surface area contributed by atoms with Crippen molar-refractivity contribution in [2.75, 3.05) is 0 Å². The van der Waals surface area contributed by atoms with Gasteiger partial charge < -0.3 is 9.67 Å². The molecule has 6 heteroatoms. The maximum atomic E-state index is 11.3. The van der Waals surface area contributed by atoms with Crippen molar-refractivity contribution in [2.45, 2.75) is 32.2 Å². The molecule has 2 aromatic rings. The van der Waals surface area contributed by atoms with Crippen LogP contribution in [0, 0.1) is 11.3 Å². The summed E-state index contributed by atoms with van der Waals surface area (Å²) in [5.41, 5.74) is 2.99. The van der Waals surface area contributed by atoms with Crippen LogP contribution in [-0.4, -0.2) is 15.6 Å². The molecule has 1 N–H and O–H groups in total. The van der Waals surface area contributed by atoms with E-state index in [0.717, 1.165) is 17.7 Å². The minimum atomic E-state index is -0.629. The van der Waals surface area contributed by atoms with Crippen LogP contribution >= 0.6 is 0 Å². The maximum Gasteiger partial charge on any atom is 0.278 e. The molecule has 0 atom stereocenters.